The number of aryl methyl sites for hydroxylation is 1. The van der Waals surface area contributed by atoms with Gasteiger partial charge < -0.3 is 23.9 Å². The third kappa shape index (κ3) is 5.60. The molecule has 0 unspecified atom stereocenters. The van der Waals surface area contributed by atoms with E-state index in [9.17, 15) is 9.59 Å². The predicted octanol–water partition coefficient (Wildman–Crippen LogP) is 4.66. The number of aromatic nitrogens is 1. The molecule has 0 saturated heterocycles. The van der Waals surface area contributed by atoms with Crippen molar-refractivity contribution in [3.63, 3.8) is 0 Å². The van der Waals surface area contributed by atoms with Crippen molar-refractivity contribution in [2.24, 2.45) is 0 Å². The predicted molar refractivity (Wildman–Crippen MR) is 132 cm³/mol. The van der Waals surface area contributed by atoms with E-state index in [0.29, 0.717) is 40.7 Å². The summed E-state index contributed by atoms with van der Waals surface area (Å²) < 4.78 is 21.9. The first kappa shape index (κ1) is 23.8. The highest BCUT2D eigenvalue weighted by Crippen LogP contribution is 2.31. The minimum atomic E-state index is -0.452. The number of carbonyl (C=O) groups is 1. The fourth-order valence-electron chi connectivity index (χ4n) is 3.76. The molecule has 8 nitrogen and oxygen atoms in total. The van der Waals surface area contributed by atoms with Crippen LogP contribution in [-0.4, -0.2) is 25.1 Å². The number of benzene rings is 2. The molecule has 2 heterocycles. The van der Waals surface area contributed by atoms with Gasteiger partial charge in [0.15, 0.2) is 11.5 Å². The highest BCUT2D eigenvalue weighted by atomic mass is 16.5. The average molecular weight is 475 g/mol. The van der Waals surface area contributed by atoms with Gasteiger partial charge in [-0.1, -0.05) is 0 Å². The molecule has 0 spiro atoms. The molecule has 180 valence electrons. The molecule has 0 bridgehead atoms. The molecule has 8 heteroatoms. The zero-order valence-electron chi connectivity index (χ0n) is 19.8. The Bertz CT molecular complexity index is 1400. The van der Waals surface area contributed by atoms with E-state index in [1.807, 2.05) is 31.2 Å². The highest BCUT2D eigenvalue weighted by Gasteiger charge is 2.15. The smallest absolute Gasteiger partial charge is 0.339 e. The number of hydrogen-bond acceptors (Lipinski definition) is 7. The Kier molecular flexibility index (Phi) is 7.30. The maximum atomic E-state index is 12.7. The van der Waals surface area contributed by atoms with Crippen LogP contribution in [0.25, 0.3) is 11.0 Å². The van der Waals surface area contributed by atoms with E-state index in [1.54, 1.807) is 50.9 Å². The van der Waals surface area contributed by atoms with Gasteiger partial charge in [-0.15, -0.1) is 0 Å². The van der Waals surface area contributed by atoms with Crippen LogP contribution in [0.3, 0.4) is 0 Å². The maximum Gasteiger partial charge on any atom is 0.339 e. The maximum absolute atomic E-state index is 12.7. The molecule has 0 atom stereocenters. The number of pyridine rings is 1. The van der Waals surface area contributed by atoms with E-state index in [2.05, 4.69) is 10.3 Å². The molecule has 0 aliphatic carbocycles. The third-order valence-corrected chi connectivity index (χ3v) is 5.69. The standard InChI is InChI=1S/C27H26N2O6/c1-17-21-6-5-20(32-2)15-24(21)35-27(31)22(17)7-9-26(30)29-19-4-8-23(33-3)25(14-19)34-16-18-10-12-28-13-11-18/h4-6,8,10-15H,7,9,16H2,1-3H3,(H,29,30). The van der Waals surface area contributed by atoms with E-state index in [0.717, 1.165) is 16.5 Å². The van der Waals surface area contributed by atoms with Crippen molar-refractivity contribution < 1.29 is 23.4 Å². The molecular formula is C27H26N2O6. The Morgan fingerprint density at radius 1 is 1.00 bits per heavy atom. The van der Waals surface area contributed by atoms with Crippen LogP contribution in [0.1, 0.15) is 23.1 Å². The Balaban J connectivity index is 1.44. The van der Waals surface area contributed by atoms with Crippen molar-refractivity contribution in [2.45, 2.75) is 26.4 Å². The monoisotopic (exact) mass is 474 g/mol. The zero-order valence-corrected chi connectivity index (χ0v) is 19.8. The van der Waals surface area contributed by atoms with Crippen LogP contribution < -0.4 is 25.2 Å². The van der Waals surface area contributed by atoms with Crippen molar-refractivity contribution in [2.75, 3.05) is 19.5 Å². The zero-order chi connectivity index (χ0) is 24.8. The van der Waals surface area contributed by atoms with E-state index in [-0.39, 0.29) is 18.7 Å². The summed E-state index contributed by atoms with van der Waals surface area (Å²) in [5.41, 5.74) is 2.80. The van der Waals surface area contributed by atoms with Gasteiger partial charge in [-0.3, -0.25) is 9.78 Å². The second kappa shape index (κ2) is 10.7. The topological polar surface area (TPSA) is 99.9 Å². The SMILES string of the molecule is COc1ccc2c(C)c(CCC(=O)Nc3ccc(OC)c(OCc4ccncc4)c3)c(=O)oc2c1. The lowest BCUT2D eigenvalue weighted by Crippen LogP contribution is -2.16. The molecule has 1 N–H and O–H groups in total. The minimum absolute atomic E-state index is 0.118. The van der Waals surface area contributed by atoms with Gasteiger partial charge in [0.2, 0.25) is 5.91 Å². The van der Waals surface area contributed by atoms with Gasteiger partial charge >= 0.3 is 5.63 Å². The second-order valence-corrected chi connectivity index (χ2v) is 7.91. The summed E-state index contributed by atoms with van der Waals surface area (Å²) in [6.45, 7) is 2.19. The van der Waals surface area contributed by atoms with Gasteiger partial charge in [0.1, 0.15) is 17.9 Å². The first-order valence-electron chi connectivity index (χ1n) is 11.1. The van der Waals surface area contributed by atoms with Crippen LogP contribution in [0.5, 0.6) is 17.2 Å². The minimum Gasteiger partial charge on any atom is -0.497 e. The van der Waals surface area contributed by atoms with Crippen LogP contribution in [-0.2, 0) is 17.8 Å². The number of carbonyl (C=O) groups excluding carboxylic acids is 1. The Labute approximate surface area is 202 Å². The van der Waals surface area contributed by atoms with E-state index >= 15 is 0 Å². The average Bonchev–Trinajstić information content (AvgIpc) is 2.87. The quantitative estimate of drug-likeness (QED) is 0.352. The molecule has 1 amide bonds. The number of anilines is 1. The number of fused-ring (bicyclic) bond motifs is 1. The van der Waals surface area contributed by atoms with E-state index < -0.39 is 5.63 Å². The summed E-state index contributed by atoms with van der Waals surface area (Å²) in [7, 11) is 3.11. The molecule has 35 heavy (non-hydrogen) atoms. The van der Waals surface area contributed by atoms with Gasteiger partial charge in [0.25, 0.3) is 0 Å². The van der Waals surface area contributed by atoms with Crippen molar-refractivity contribution in [3.05, 3.63) is 88.0 Å². The number of ether oxygens (including phenoxy) is 3. The van der Waals surface area contributed by atoms with Crippen molar-refractivity contribution in [1.82, 2.24) is 4.98 Å². The number of nitrogens with zero attached hydrogens (tertiary/aromatic N) is 1. The largest absolute Gasteiger partial charge is 0.497 e. The van der Waals surface area contributed by atoms with Gasteiger partial charge in [-0.05, 0) is 60.9 Å². The number of amides is 1. The van der Waals surface area contributed by atoms with Crippen LogP contribution in [0, 0.1) is 6.92 Å². The Morgan fingerprint density at radius 3 is 2.54 bits per heavy atom. The lowest BCUT2D eigenvalue weighted by molar-refractivity contribution is -0.116. The molecule has 2 aromatic heterocycles. The van der Waals surface area contributed by atoms with Gasteiger partial charge in [-0.25, -0.2) is 4.79 Å². The molecule has 0 aliphatic heterocycles. The van der Waals surface area contributed by atoms with Crippen molar-refractivity contribution >= 4 is 22.6 Å². The normalized spacial score (nSPS) is 10.7. The van der Waals surface area contributed by atoms with Crippen LogP contribution in [0.4, 0.5) is 5.69 Å². The van der Waals surface area contributed by atoms with E-state index in [4.69, 9.17) is 18.6 Å². The fourth-order valence-corrected chi connectivity index (χ4v) is 3.76. The summed E-state index contributed by atoms with van der Waals surface area (Å²) in [5.74, 6) is 1.43. The number of nitrogens with one attached hydrogen (secondary N) is 1. The second-order valence-electron chi connectivity index (χ2n) is 7.91. The molecule has 4 aromatic rings. The lowest BCUT2D eigenvalue weighted by atomic mass is 10.0. The fraction of sp³-hybridized carbons (Fsp3) is 0.222. The third-order valence-electron chi connectivity index (χ3n) is 5.69. The molecular weight excluding hydrogens is 448 g/mol. The van der Waals surface area contributed by atoms with Gasteiger partial charge in [0, 0.05) is 47.6 Å². The number of rotatable bonds is 9. The lowest BCUT2D eigenvalue weighted by Gasteiger charge is -2.13. The first-order valence-corrected chi connectivity index (χ1v) is 11.1. The first-order chi connectivity index (χ1) is 17.0. The summed E-state index contributed by atoms with van der Waals surface area (Å²) in [5, 5.41) is 3.67. The van der Waals surface area contributed by atoms with Gasteiger partial charge in [-0.2, -0.15) is 0 Å². The van der Waals surface area contributed by atoms with E-state index in [1.165, 1.54) is 0 Å². The molecule has 2 aromatic carbocycles. The molecule has 0 saturated carbocycles. The van der Waals surface area contributed by atoms with Crippen LogP contribution >= 0.6 is 0 Å². The highest BCUT2D eigenvalue weighted by molar-refractivity contribution is 5.91. The van der Waals surface area contributed by atoms with Crippen LogP contribution in [0.15, 0.2) is 70.1 Å². The molecule has 0 aliphatic rings. The molecule has 4 rings (SSSR count). The van der Waals surface area contributed by atoms with Crippen molar-refractivity contribution in [1.29, 1.82) is 0 Å². The summed E-state index contributed by atoms with van der Waals surface area (Å²) >= 11 is 0. The summed E-state index contributed by atoms with van der Waals surface area (Å²) in [6, 6.07) is 14.2. The summed E-state index contributed by atoms with van der Waals surface area (Å²) in [6.07, 6.45) is 3.76. The number of hydrogen-bond donors (Lipinski definition) is 1. The molecule has 0 fully saturated rings. The number of methoxy groups -OCH3 is 2. The molecule has 0 radical (unpaired) electrons. The Hall–Kier alpha value is -4.33. The summed E-state index contributed by atoms with van der Waals surface area (Å²) in [4.78, 5) is 29.2. The Morgan fingerprint density at radius 2 is 1.80 bits per heavy atom. The van der Waals surface area contributed by atoms with Crippen LogP contribution in [0.2, 0.25) is 0 Å². The van der Waals surface area contributed by atoms with Gasteiger partial charge in [0.05, 0.1) is 14.2 Å². The van der Waals surface area contributed by atoms with Crippen molar-refractivity contribution in [3.8, 4) is 17.2 Å².